The van der Waals surface area contributed by atoms with E-state index in [1.165, 1.54) is 4.68 Å². The van der Waals surface area contributed by atoms with Crippen LogP contribution >= 0.6 is 11.6 Å². The lowest BCUT2D eigenvalue weighted by Crippen LogP contribution is -2.38. The van der Waals surface area contributed by atoms with E-state index < -0.39 is 0 Å². The lowest BCUT2D eigenvalue weighted by Gasteiger charge is -2.26. The normalized spacial score (nSPS) is 23.0. The van der Waals surface area contributed by atoms with E-state index in [1.807, 2.05) is 0 Å². The standard InChI is InChI=1S/C12H17ClN4O/c1-3-6-17-11(18)10(13)9(7-15-17)16-12(2)4-5-14-8-12/h3,7,14,16H,1,4-6,8H2,2H3. The van der Waals surface area contributed by atoms with Gasteiger partial charge in [0.1, 0.15) is 5.02 Å². The first kappa shape index (κ1) is 13.1. The van der Waals surface area contributed by atoms with Gasteiger partial charge in [-0.15, -0.1) is 6.58 Å². The fraction of sp³-hybridized carbons (Fsp3) is 0.500. The Morgan fingerprint density at radius 2 is 2.56 bits per heavy atom. The molecule has 5 nitrogen and oxygen atoms in total. The molecule has 0 aliphatic carbocycles. The third kappa shape index (κ3) is 2.57. The first-order valence-corrected chi connectivity index (χ1v) is 6.29. The van der Waals surface area contributed by atoms with Crippen LogP contribution in [-0.2, 0) is 6.54 Å². The van der Waals surface area contributed by atoms with E-state index in [9.17, 15) is 4.79 Å². The first-order chi connectivity index (χ1) is 8.56. The number of aromatic nitrogens is 2. The van der Waals surface area contributed by atoms with Crippen molar-refractivity contribution < 1.29 is 0 Å². The topological polar surface area (TPSA) is 59.0 Å². The van der Waals surface area contributed by atoms with Gasteiger partial charge in [-0.25, -0.2) is 4.68 Å². The highest BCUT2D eigenvalue weighted by atomic mass is 35.5. The van der Waals surface area contributed by atoms with Gasteiger partial charge < -0.3 is 10.6 Å². The molecule has 2 rings (SSSR count). The molecule has 0 radical (unpaired) electrons. The van der Waals surface area contributed by atoms with Crippen LogP contribution in [0.3, 0.4) is 0 Å². The molecule has 1 aliphatic rings. The predicted octanol–water partition coefficient (Wildman–Crippen LogP) is 1.25. The van der Waals surface area contributed by atoms with E-state index >= 15 is 0 Å². The Kier molecular flexibility index (Phi) is 3.73. The Bertz CT molecular complexity index is 505. The number of nitrogens with one attached hydrogen (secondary N) is 2. The molecule has 0 aromatic carbocycles. The third-order valence-electron chi connectivity index (χ3n) is 3.09. The van der Waals surface area contributed by atoms with Crippen molar-refractivity contribution in [1.29, 1.82) is 0 Å². The average Bonchev–Trinajstić information content (AvgIpc) is 2.76. The molecular formula is C12H17ClN4O. The Hall–Kier alpha value is -1.33. The van der Waals surface area contributed by atoms with Crippen LogP contribution < -0.4 is 16.2 Å². The molecule has 1 atom stereocenters. The van der Waals surface area contributed by atoms with Crippen LogP contribution in [0.5, 0.6) is 0 Å². The fourth-order valence-corrected chi connectivity index (χ4v) is 2.25. The van der Waals surface area contributed by atoms with E-state index in [0.717, 1.165) is 19.5 Å². The molecule has 0 bridgehead atoms. The number of anilines is 1. The van der Waals surface area contributed by atoms with Crippen LogP contribution in [0.2, 0.25) is 5.02 Å². The molecule has 1 aliphatic heterocycles. The van der Waals surface area contributed by atoms with Gasteiger partial charge in [0.05, 0.1) is 18.4 Å². The summed E-state index contributed by atoms with van der Waals surface area (Å²) in [6.45, 7) is 7.84. The summed E-state index contributed by atoms with van der Waals surface area (Å²) in [7, 11) is 0. The number of nitrogens with zero attached hydrogens (tertiary/aromatic N) is 2. The van der Waals surface area contributed by atoms with Crippen LogP contribution in [0, 0.1) is 0 Å². The largest absolute Gasteiger partial charge is 0.376 e. The number of halogens is 1. The quantitative estimate of drug-likeness (QED) is 0.807. The van der Waals surface area contributed by atoms with E-state index in [2.05, 4.69) is 29.2 Å². The van der Waals surface area contributed by atoms with Crippen LogP contribution in [0.25, 0.3) is 0 Å². The zero-order chi connectivity index (χ0) is 13.2. The van der Waals surface area contributed by atoms with Gasteiger partial charge in [0, 0.05) is 12.1 Å². The molecule has 1 unspecified atom stereocenters. The molecule has 0 amide bonds. The highest BCUT2D eigenvalue weighted by molar-refractivity contribution is 6.32. The Morgan fingerprint density at radius 1 is 1.78 bits per heavy atom. The fourth-order valence-electron chi connectivity index (χ4n) is 2.05. The molecule has 6 heteroatoms. The zero-order valence-electron chi connectivity index (χ0n) is 10.4. The summed E-state index contributed by atoms with van der Waals surface area (Å²) in [6.07, 6.45) is 4.19. The van der Waals surface area contributed by atoms with Gasteiger partial charge >= 0.3 is 0 Å². The number of hydrogen-bond donors (Lipinski definition) is 2. The summed E-state index contributed by atoms with van der Waals surface area (Å²) in [5, 5.41) is 10.8. The second-order valence-corrected chi connectivity index (χ2v) is 5.14. The van der Waals surface area contributed by atoms with E-state index in [4.69, 9.17) is 11.6 Å². The van der Waals surface area contributed by atoms with Crippen molar-refractivity contribution in [2.24, 2.45) is 0 Å². The molecule has 0 saturated carbocycles. The zero-order valence-corrected chi connectivity index (χ0v) is 11.1. The summed E-state index contributed by atoms with van der Waals surface area (Å²) >= 11 is 6.08. The lowest BCUT2D eigenvalue weighted by molar-refractivity contribution is 0.564. The lowest BCUT2D eigenvalue weighted by atomic mass is 10.0. The van der Waals surface area contributed by atoms with Crippen LogP contribution in [0.15, 0.2) is 23.6 Å². The van der Waals surface area contributed by atoms with Crippen LogP contribution in [-0.4, -0.2) is 28.4 Å². The summed E-state index contributed by atoms with van der Waals surface area (Å²) in [5.74, 6) is 0. The van der Waals surface area contributed by atoms with Crippen molar-refractivity contribution in [1.82, 2.24) is 15.1 Å². The van der Waals surface area contributed by atoms with Gasteiger partial charge in [0.2, 0.25) is 0 Å². The highest BCUT2D eigenvalue weighted by Gasteiger charge is 2.29. The van der Waals surface area contributed by atoms with Crippen molar-refractivity contribution in [3.8, 4) is 0 Å². The van der Waals surface area contributed by atoms with Crippen molar-refractivity contribution in [3.63, 3.8) is 0 Å². The van der Waals surface area contributed by atoms with E-state index in [0.29, 0.717) is 12.2 Å². The molecule has 1 aromatic rings. The molecule has 0 spiro atoms. The van der Waals surface area contributed by atoms with Crippen molar-refractivity contribution in [2.45, 2.75) is 25.4 Å². The smallest absolute Gasteiger partial charge is 0.287 e. The van der Waals surface area contributed by atoms with Crippen molar-refractivity contribution in [3.05, 3.63) is 34.2 Å². The van der Waals surface area contributed by atoms with Crippen molar-refractivity contribution in [2.75, 3.05) is 18.4 Å². The van der Waals surface area contributed by atoms with Gasteiger partial charge in [-0.2, -0.15) is 5.10 Å². The van der Waals surface area contributed by atoms with E-state index in [1.54, 1.807) is 12.3 Å². The summed E-state index contributed by atoms with van der Waals surface area (Å²) in [6, 6.07) is 0. The predicted molar refractivity (Wildman–Crippen MR) is 73.2 cm³/mol. The van der Waals surface area contributed by atoms with Crippen molar-refractivity contribution >= 4 is 17.3 Å². The summed E-state index contributed by atoms with van der Waals surface area (Å²) in [4.78, 5) is 11.9. The monoisotopic (exact) mass is 268 g/mol. The Labute approximate surface area is 111 Å². The second kappa shape index (κ2) is 5.12. The maximum atomic E-state index is 11.9. The van der Waals surface area contributed by atoms with Gasteiger partial charge in [0.15, 0.2) is 0 Å². The van der Waals surface area contributed by atoms with E-state index in [-0.39, 0.29) is 16.1 Å². The molecule has 1 fully saturated rings. The maximum absolute atomic E-state index is 11.9. The first-order valence-electron chi connectivity index (χ1n) is 5.91. The van der Waals surface area contributed by atoms with Crippen LogP contribution in [0.4, 0.5) is 5.69 Å². The molecule has 2 heterocycles. The minimum atomic E-state index is -0.295. The summed E-state index contributed by atoms with van der Waals surface area (Å²) in [5.41, 5.74) is 0.215. The van der Waals surface area contributed by atoms with Gasteiger partial charge in [0.25, 0.3) is 5.56 Å². The van der Waals surface area contributed by atoms with Gasteiger partial charge in [-0.3, -0.25) is 4.79 Å². The molecule has 2 N–H and O–H groups in total. The molecule has 1 saturated heterocycles. The average molecular weight is 269 g/mol. The molecule has 18 heavy (non-hydrogen) atoms. The van der Waals surface area contributed by atoms with Crippen LogP contribution in [0.1, 0.15) is 13.3 Å². The number of rotatable bonds is 4. The minimum absolute atomic E-state index is 0.0810. The second-order valence-electron chi connectivity index (χ2n) is 4.76. The molecular weight excluding hydrogens is 252 g/mol. The number of allylic oxidation sites excluding steroid dienone is 1. The Balaban J connectivity index is 2.27. The van der Waals surface area contributed by atoms with Gasteiger partial charge in [-0.1, -0.05) is 17.7 Å². The highest BCUT2D eigenvalue weighted by Crippen LogP contribution is 2.24. The maximum Gasteiger partial charge on any atom is 0.287 e. The number of hydrogen-bond acceptors (Lipinski definition) is 4. The molecule has 98 valence electrons. The Morgan fingerprint density at radius 3 is 3.17 bits per heavy atom. The summed E-state index contributed by atoms with van der Waals surface area (Å²) < 4.78 is 1.29. The SMILES string of the molecule is C=CCn1ncc(NC2(C)CCNC2)c(Cl)c1=O. The molecule has 1 aromatic heterocycles. The van der Waals surface area contributed by atoms with Gasteiger partial charge in [-0.05, 0) is 19.9 Å². The minimum Gasteiger partial charge on any atom is -0.376 e. The third-order valence-corrected chi connectivity index (χ3v) is 3.46.